The molecule has 4 bridgehead atoms. The molecule has 0 aliphatic heterocycles. The van der Waals surface area contributed by atoms with Gasteiger partial charge in [-0.05, 0) is 73.0 Å². The van der Waals surface area contributed by atoms with E-state index in [9.17, 15) is 0 Å². The van der Waals surface area contributed by atoms with Crippen LogP contribution in [0.25, 0.3) is 0 Å². The van der Waals surface area contributed by atoms with Crippen LogP contribution in [0.5, 0.6) is 0 Å². The Morgan fingerprint density at radius 1 is 0.625 bits per heavy atom. The number of rotatable bonds is 0. The Morgan fingerprint density at radius 3 is 1.75 bits per heavy atom. The van der Waals surface area contributed by atoms with E-state index in [1.165, 1.54) is 23.7 Å². The fourth-order valence-electron chi connectivity index (χ4n) is 6.90. The minimum Gasteiger partial charge on any atom is -0.0848 e. The SMILES string of the molecule is C1=CC2CC1C1C3CC(C4CCCCC43)C21. The lowest BCUT2D eigenvalue weighted by Gasteiger charge is -2.44. The van der Waals surface area contributed by atoms with Crippen molar-refractivity contribution in [3.8, 4) is 0 Å². The molecule has 4 saturated carbocycles. The van der Waals surface area contributed by atoms with Crippen LogP contribution >= 0.6 is 0 Å². The number of hydrogen-bond donors (Lipinski definition) is 0. The molecule has 8 unspecified atom stereocenters. The molecule has 5 rings (SSSR count). The van der Waals surface area contributed by atoms with E-state index in [4.69, 9.17) is 0 Å². The minimum absolute atomic E-state index is 1.02. The Balaban J connectivity index is 1.57. The van der Waals surface area contributed by atoms with Crippen molar-refractivity contribution in [1.29, 1.82) is 0 Å². The normalized spacial score (nSPS) is 65.0. The molecular weight excluding hydrogens is 192 g/mol. The Kier molecular flexibility index (Phi) is 1.52. The van der Waals surface area contributed by atoms with Crippen LogP contribution < -0.4 is 0 Å². The van der Waals surface area contributed by atoms with Gasteiger partial charge in [-0.15, -0.1) is 0 Å². The minimum atomic E-state index is 1.02. The third-order valence-corrected chi connectivity index (χ3v) is 7.09. The van der Waals surface area contributed by atoms with E-state index in [1.54, 1.807) is 38.5 Å². The first-order valence-corrected chi connectivity index (χ1v) is 7.62. The molecule has 0 amide bonds. The van der Waals surface area contributed by atoms with Crippen LogP contribution in [0.3, 0.4) is 0 Å². The average molecular weight is 214 g/mol. The summed E-state index contributed by atoms with van der Waals surface area (Å²) in [6.07, 6.45) is 14.6. The van der Waals surface area contributed by atoms with Crippen LogP contribution in [-0.4, -0.2) is 0 Å². The number of fused-ring (bicyclic) bond motifs is 12. The molecule has 5 aliphatic carbocycles. The van der Waals surface area contributed by atoms with Gasteiger partial charge in [-0.25, -0.2) is 0 Å². The van der Waals surface area contributed by atoms with Gasteiger partial charge in [0.05, 0.1) is 0 Å². The van der Waals surface area contributed by atoms with Crippen LogP contribution in [0.1, 0.15) is 38.5 Å². The van der Waals surface area contributed by atoms with Gasteiger partial charge < -0.3 is 0 Å². The van der Waals surface area contributed by atoms with Crippen LogP contribution in [0.15, 0.2) is 12.2 Å². The van der Waals surface area contributed by atoms with Crippen molar-refractivity contribution in [2.45, 2.75) is 38.5 Å². The van der Waals surface area contributed by atoms with E-state index in [2.05, 4.69) is 12.2 Å². The lowest BCUT2D eigenvalue weighted by molar-refractivity contribution is 0.0579. The zero-order valence-corrected chi connectivity index (χ0v) is 10.0. The second-order valence-electron chi connectivity index (χ2n) is 7.28. The lowest BCUT2D eigenvalue weighted by Crippen LogP contribution is -2.38. The van der Waals surface area contributed by atoms with Crippen molar-refractivity contribution in [2.24, 2.45) is 47.3 Å². The van der Waals surface area contributed by atoms with Crippen LogP contribution in [-0.2, 0) is 0 Å². The first kappa shape index (κ1) is 8.78. The molecule has 0 radical (unpaired) electrons. The molecule has 0 heterocycles. The molecule has 0 aromatic heterocycles. The smallest absolute Gasteiger partial charge is 0.0194 e. The Bertz CT molecular complexity index is 323. The largest absolute Gasteiger partial charge is 0.0848 e. The summed E-state index contributed by atoms with van der Waals surface area (Å²) in [5.41, 5.74) is 0. The second-order valence-corrected chi connectivity index (χ2v) is 7.28. The van der Waals surface area contributed by atoms with Crippen molar-refractivity contribution in [3.05, 3.63) is 12.2 Å². The zero-order valence-electron chi connectivity index (χ0n) is 10.0. The third kappa shape index (κ3) is 0.833. The highest BCUT2D eigenvalue weighted by Gasteiger charge is 2.64. The summed E-state index contributed by atoms with van der Waals surface area (Å²) < 4.78 is 0. The summed E-state index contributed by atoms with van der Waals surface area (Å²) in [7, 11) is 0. The monoisotopic (exact) mass is 214 g/mol. The van der Waals surface area contributed by atoms with Gasteiger partial charge in [0.25, 0.3) is 0 Å². The van der Waals surface area contributed by atoms with Crippen molar-refractivity contribution in [1.82, 2.24) is 0 Å². The highest BCUT2D eigenvalue weighted by molar-refractivity contribution is 5.22. The molecule has 4 fully saturated rings. The summed E-state index contributed by atoms with van der Waals surface area (Å²) >= 11 is 0. The Labute approximate surface area is 98.5 Å². The molecular formula is C16H22. The molecule has 86 valence electrons. The van der Waals surface area contributed by atoms with Gasteiger partial charge in [-0.3, -0.25) is 0 Å². The van der Waals surface area contributed by atoms with Crippen molar-refractivity contribution >= 4 is 0 Å². The summed E-state index contributed by atoms with van der Waals surface area (Å²) in [4.78, 5) is 0. The van der Waals surface area contributed by atoms with Gasteiger partial charge in [0.1, 0.15) is 0 Å². The maximum atomic E-state index is 2.59. The molecule has 0 heteroatoms. The topological polar surface area (TPSA) is 0 Å². The highest BCUT2D eigenvalue weighted by atomic mass is 14.7. The van der Waals surface area contributed by atoms with Crippen LogP contribution in [0.2, 0.25) is 0 Å². The fourth-order valence-corrected chi connectivity index (χ4v) is 6.90. The lowest BCUT2D eigenvalue weighted by atomic mass is 9.61. The highest BCUT2D eigenvalue weighted by Crippen LogP contribution is 2.70. The summed E-state index contributed by atoms with van der Waals surface area (Å²) in [5, 5.41) is 0. The molecule has 0 spiro atoms. The fraction of sp³-hybridized carbons (Fsp3) is 0.875. The number of hydrogen-bond acceptors (Lipinski definition) is 0. The quantitative estimate of drug-likeness (QED) is 0.424. The summed E-state index contributed by atoms with van der Waals surface area (Å²) in [6, 6.07) is 0. The van der Waals surface area contributed by atoms with E-state index in [-0.39, 0.29) is 0 Å². The van der Waals surface area contributed by atoms with E-state index in [0.717, 1.165) is 23.7 Å². The van der Waals surface area contributed by atoms with Crippen molar-refractivity contribution in [3.63, 3.8) is 0 Å². The third-order valence-electron chi connectivity index (χ3n) is 7.09. The predicted molar refractivity (Wildman–Crippen MR) is 64.8 cm³/mol. The molecule has 8 atom stereocenters. The van der Waals surface area contributed by atoms with Crippen molar-refractivity contribution in [2.75, 3.05) is 0 Å². The van der Waals surface area contributed by atoms with Gasteiger partial charge in [-0.1, -0.05) is 25.0 Å². The van der Waals surface area contributed by atoms with E-state index in [0.29, 0.717) is 0 Å². The molecule has 0 N–H and O–H groups in total. The standard InChI is InChI=1S/C16H22/c1-2-4-12-11(3-1)13-8-14(12)16-10-6-5-9(7-10)15(13)16/h5-6,9-16H,1-4,7-8H2. The number of allylic oxidation sites excluding steroid dienone is 2. The Morgan fingerprint density at radius 2 is 1.19 bits per heavy atom. The average Bonchev–Trinajstić information content (AvgIpc) is 3.07. The summed E-state index contributed by atoms with van der Waals surface area (Å²) in [5.74, 6) is 9.03. The van der Waals surface area contributed by atoms with Gasteiger partial charge in [0.15, 0.2) is 0 Å². The predicted octanol–water partition coefficient (Wildman–Crippen LogP) is 3.88. The zero-order chi connectivity index (χ0) is 10.3. The molecule has 0 aromatic carbocycles. The molecule has 0 saturated heterocycles. The maximum Gasteiger partial charge on any atom is -0.0194 e. The van der Waals surface area contributed by atoms with Gasteiger partial charge in [0, 0.05) is 0 Å². The first-order valence-electron chi connectivity index (χ1n) is 7.62. The van der Waals surface area contributed by atoms with Gasteiger partial charge in [0.2, 0.25) is 0 Å². The maximum absolute atomic E-state index is 2.59. The van der Waals surface area contributed by atoms with Gasteiger partial charge in [-0.2, -0.15) is 0 Å². The van der Waals surface area contributed by atoms with Crippen molar-refractivity contribution < 1.29 is 0 Å². The first-order chi connectivity index (χ1) is 7.93. The van der Waals surface area contributed by atoms with Crippen LogP contribution in [0.4, 0.5) is 0 Å². The Hall–Kier alpha value is -0.260. The molecule has 5 aliphatic rings. The summed E-state index contributed by atoms with van der Waals surface area (Å²) in [6.45, 7) is 0. The van der Waals surface area contributed by atoms with E-state index >= 15 is 0 Å². The van der Waals surface area contributed by atoms with E-state index in [1.807, 2.05) is 0 Å². The molecule has 16 heavy (non-hydrogen) atoms. The molecule has 0 aromatic rings. The molecule has 0 nitrogen and oxygen atoms in total. The van der Waals surface area contributed by atoms with Gasteiger partial charge >= 0.3 is 0 Å². The second kappa shape index (κ2) is 2.76. The van der Waals surface area contributed by atoms with E-state index < -0.39 is 0 Å². The van der Waals surface area contributed by atoms with Crippen LogP contribution in [0, 0.1) is 47.3 Å².